The van der Waals surface area contributed by atoms with Crippen LogP contribution in [0.1, 0.15) is 6.92 Å². The summed E-state index contributed by atoms with van der Waals surface area (Å²) >= 11 is 0. The van der Waals surface area contributed by atoms with Crippen LogP contribution in [-0.2, 0) is 6.54 Å². The van der Waals surface area contributed by atoms with Gasteiger partial charge in [-0.2, -0.15) is 15.2 Å². The van der Waals surface area contributed by atoms with Crippen molar-refractivity contribution in [1.82, 2.24) is 29.9 Å². The molecule has 0 unspecified atom stereocenters. The number of nitrogens with zero attached hydrogens (tertiary/aromatic N) is 5. The third-order valence-electron chi connectivity index (χ3n) is 2.59. The van der Waals surface area contributed by atoms with E-state index in [1.807, 2.05) is 17.7 Å². The lowest BCUT2D eigenvalue weighted by atomic mass is 10.2. The van der Waals surface area contributed by atoms with Crippen molar-refractivity contribution in [3.05, 3.63) is 18.5 Å². The van der Waals surface area contributed by atoms with Gasteiger partial charge in [-0.05, 0) is 13.0 Å². The quantitative estimate of drug-likeness (QED) is 0.677. The van der Waals surface area contributed by atoms with Crippen LogP contribution in [0, 0.1) is 0 Å². The number of nitrogens with two attached hydrogens (primary N) is 1. The van der Waals surface area contributed by atoms with Gasteiger partial charge in [0.1, 0.15) is 5.69 Å². The molecule has 0 bridgehead atoms. The number of aromatic nitrogens is 6. The van der Waals surface area contributed by atoms with E-state index >= 15 is 0 Å². The van der Waals surface area contributed by atoms with Crippen molar-refractivity contribution in [2.24, 2.45) is 0 Å². The van der Waals surface area contributed by atoms with Crippen LogP contribution in [0.5, 0.6) is 0 Å². The van der Waals surface area contributed by atoms with Gasteiger partial charge in [0.15, 0.2) is 5.65 Å². The molecular weight excluding hydrogens is 218 g/mol. The summed E-state index contributed by atoms with van der Waals surface area (Å²) in [5, 5.41) is 11.8. The molecule has 0 saturated carbocycles. The first kappa shape index (κ1) is 9.76. The lowest BCUT2D eigenvalue weighted by Crippen LogP contribution is -2.03. The van der Waals surface area contributed by atoms with Gasteiger partial charge in [0, 0.05) is 12.7 Å². The predicted molar refractivity (Wildman–Crippen MR) is 63.0 cm³/mol. The highest BCUT2D eigenvalue weighted by Crippen LogP contribution is 2.24. The third-order valence-corrected chi connectivity index (χ3v) is 2.59. The van der Waals surface area contributed by atoms with Gasteiger partial charge < -0.3 is 5.73 Å². The zero-order chi connectivity index (χ0) is 11.8. The first-order chi connectivity index (χ1) is 8.29. The molecule has 0 aliphatic heterocycles. The summed E-state index contributed by atoms with van der Waals surface area (Å²) in [6.45, 7) is 2.79. The molecule has 17 heavy (non-hydrogen) atoms. The smallest absolute Gasteiger partial charge is 0.222 e. The van der Waals surface area contributed by atoms with E-state index < -0.39 is 0 Å². The molecule has 7 heteroatoms. The normalized spacial score (nSPS) is 11.1. The molecule has 0 atom stereocenters. The van der Waals surface area contributed by atoms with E-state index in [0.717, 1.165) is 23.3 Å². The molecule has 7 nitrogen and oxygen atoms in total. The average molecular weight is 229 g/mol. The molecule has 0 radical (unpaired) electrons. The van der Waals surface area contributed by atoms with Gasteiger partial charge in [0.25, 0.3) is 0 Å². The molecular formula is C10H11N7. The summed E-state index contributed by atoms with van der Waals surface area (Å²) in [4.78, 5) is 8.35. The highest BCUT2D eigenvalue weighted by molar-refractivity contribution is 5.89. The number of anilines is 1. The maximum absolute atomic E-state index is 5.68. The van der Waals surface area contributed by atoms with Crippen LogP contribution in [0.25, 0.3) is 22.4 Å². The zero-order valence-corrected chi connectivity index (χ0v) is 9.25. The van der Waals surface area contributed by atoms with Crippen molar-refractivity contribution >= 4 is 17.0 Å². The molecule has 0 fully saturated rings. The number of nitrogens with one attached hydrogen (secondary N) is 1. The summed E-state index contributed by atoms with van der Waals surface area (Å²) in [6.07, 6.45) is 3.43. The van der Waals surface area contributed by atoms with E-state index in [4.69, 9.17) is 5.73 Å². The topological polar surface area (TPSA) is 98.3 Å². The number of fused-ring (bicyclic) bond motifs is 1. The Morgan fingerprint density at radius 1 is 1.41 bits per heavy atom. The SMILES string of the molecule is CCn1nccc1-c1nc(N)nc2[nH]ncc12. The van der Waals surface area contributed by atoms with Gasteiger partial charge >= 0.3 is 0 Å². The molecule has 0 aliphatic rings. The molecule has 0 aromatic carbocycles. The number of H-pyrrole nitrogens is 1. The van der Waals surface area contributed by atoms with E-state index in [9.17, 15) is 0 Å². The summed E-state index contributed by atoms with van der Waals surface area (Å²) in [6, 6.07) is 1.90. The number of nitrogen functional groups attached to an aromatic ring is 1. The number of hydrogen-bond acceptors (Lipinski definition) is 5. The van der Waals surface area contributed by atoms with E-state index in [-0.39, 0.29) is 5.95 Å². The average Bonchev–Trinajstić information content (AvgIpc) is 2.95. The van der Waals surface area contributed by atoms with Crippen molar-refractivity contribution < 1.29 is 0 Å². The predicted octanol–water partition coefficient (Wildman–Crippen LogP) is 0.818. The molecule has 86 valence electrons. The third kappa shape index (κ3) is 1.43. The Morgan fingerprint density at radius 3 is 3.12 bits per heavy atom. The second-order valence-electron chi connectivity index (χ2n) is 3.59. The number of hydrogen-bond donors (Lipinski definition) is 2. The van der Waals surface area contributed by atoms with E-state index in [1.165, 1.54) is 0 Å². The highest BCUT2D eigenvalue weighted by atomic mass is 15.3. The van der Waals surface area contributed by atoms with Gasteiger partial charge in [-0.3, -0.25) is 9.78 Å². The summed E-state index contributed by atoms with van der Waals surface area (Å²) in [7, 11) is 0. The second kappa shape index (κ2) is 3.55. The molecule has 3 rings (SSSR count). The van der Waals surface area contributed by atoms with Gasteiger partial charge in [0.05, 0.1) is 17.3 Å². The number of aromatic amines is 1. The fourth-order valence-corrected chi connectivity index (χ4v) is 1.83. The second-order valence-corrected chi connectivity index (χ2v) is 3.59. The summed E-state index contributed by atoms with van der Waals surface area (Å²) < 4.78 is 1.86. The Morgan fingerprint density at radius 2 is 2.29 bits per heavy atom. The van der Waals surface area contributed by atoms with Crippen LogP contribution in [0.15, 0.2) is 18.5 Å². The fraction of sp³-hybridized carbons (Fsp3) is 0.200. The van der Waals surface area contributed by atoms with Gasteiger partial charge in [-0.25, -0.2) is 4.98 Å². The highest BCUT2D eigenvalue weighted by Gasteiger charge is 2.13. The molecule has 3 aromatic rings. The van der Waals surface area contributed by atoms with Crippen LogP contribution in [0.2, 0.25) is 0 Å². The lowest BCUT2D eigenvalue weighted by molar-refractivity contribution is 0.666. The number of aryl methyl sites for hydroxylation is 1. The monoisotopic (exact) mass is 229 g/mol. The van der Waals surface area contributed by atoms with Gasteiger partial charge in [-0.15, -0.1) is 0 Å². The minimum atomic E-state index is 0.223. The molecule has 3 aromatic heterocycles. The van der Waals surface area contributed by atoms with Crippen LogP contribution in [-0.4, -0.2) is 29.9 Å². The minimum absolute atomic E-state index is 0.223. The van der Waals surface area contributed by atoms with Crippen molar-refractivity contribution in [3.8, 4) is 11.4 Å². The van der Waals surface area contributed by atoms with Gasteiger partial charge in [-0.1, -0.05) is 0 Å². The molecule has 0 spiro atoms. The van der Waals surface area contributed by atoms with Crippen molar-refractivity contribution in [1.29, 1.82) is 0 Å². The van der Waals surface area contributed by atoms with Crippen LogP contribution in [0.4, 0.5) is 5.95 Å². The molecule has 3 heterocycles. The van der Waals surface area contributed by atoms with E-state index in [2.05, 4.69) is 25.3 Å². The van der Waals surface area contributed by atoms with Gasteiger partial charge in [0.2, 0.25) is 5.95 Å². The maximum Gasteiger partial charge on any atom is 0.222 e. The van der Waals surface area contributed by atoms with Crippen LogP contribution in [0.3, 0.4) is 0 Å². The maximum atomic E-state index is 5.68. The molecule has 0 aliphatic carbocycles. The Bertz CT molecular complexity index is 666. The fourth-order valence-electron chi connectivity index (χ4n) is 1.83. The van der Waals surface area contributed by atoms with Crippen LogP contribution < -0.4 is 5.73 Å². The first-order valence-electron chi connectivity index (χ1n) is 5.28. The summed E-state index contributed by atoms with van der Waals surface area (Å²) in [5.41, 5.74) is 7.98. The van der Waals surface area contributed by atoms with Crippen LogP contribution >= 0.6 is 0 Å². The van der Waals surface area contributed by atoms with E-state index in [1.54, 1.807) is 12.4 Å². The Hall–Kier alpha value is -2.44. The van der Waals surface area contributed by atoms with E-state index in [0.29, 0.717) is 5.65 Å². The number of rotatable bonds is 2. The van der Waals surface area contributed by atoms with Crippen molar-refractivity contribution in [2.75, 3.05) is 5.73 Å². The van der Waals surface area contributed by atoms with Crippen molar-refractivity contribution in [2.45, 2.75) is 13.5 Å². The van der Waals surface area contributed by atoms with Crippen molar-refractivity contribution in [3.63, 3.8) is 0 Å². The molecule has 0 saturated heterocycles. The lowest BCUT2D eigenvalue weighted by Gasteiger charge is -2.05. The minimum Gasteiger partial charge on any atom is -0.368 e. The standard InChI is InChI=1S/C10H11N7/c1-2-17-7(3-4-13-17)8-6-5-12-16-9(6)15-10(11)14-8/h3-5H,2H2,1H3,(H3,11,12,14,15,16). The molecule has 0 amide bonds. The molecule has 3 N–H and O–H groups in total. The Labute approximate surface area is 96.7 Å². The Kier molecular flexibility index (Phi) is 2.04. The first-order valence-corrected chi connectivity index (χ1v) is 5.28. The largest absolute Gasteiger partial charge is 0.368 e. The Balaban J connectivity index is 2.32. The zero-order valence-electron chi connectivity index (χ0n) is 9.25. The summed E-state index contributed by atoms with van der Waals surface area (Å²) in [5.74, 6) is 0.223.